The highest BCUT2D eigenvalue weighted by atomic mass is 16.5. The lowest BCUT2D eigenvalue weighted by atomic mass is 9.69. The van der Waals surface area contributed by atoms with E-state index in [9.17, 15) is 4.79 Å². The van der Waals surface area contributed by atoms with Gasteiger partial charge in [-0.3, -0.25) is 9.48 Å². The molecule has 4 heteroatoms. The fourth-order valence-electron chi connectivity index (χ4n) is 2.96. The maximum Gasteiger partial charge on any atom is 0.197 e. The van der Waals surface area contributed by atoms with E-state index in [4.69, 9.17) is 4.74 Å². The van der Waals surface area contributed by atoms with E-state index >= 15 is 0 Å². The summed E-state index contributed by atoms with van der Waals surface area (Å²) in [6.45, 7) is 9.87. The minimum atomic E-state index is -0.633. The summed E-state index contributed by atoms with van der Waals surface area (Å²) in [5.41, 5.74) is 0.361. The van der Waals surface area contributed by atoms with Gasteiger partial charge in [0.2, 0.25) is 0 Å². The number of hydrogen-bond donors (Lipinski definition) is 0. The van der Waals surface area contributed by atoms with Gasteiger partial charge in [0.1, 0.15) is 5.60 Å². The van der Waals surface area contributed by atoms with Gasteiger partial charge in [-0.15, -0.1) is 0 Å². The summed E-state index contributed by atoms with van der Waals surface area (Å²) in [4.78, 5) is 12.9. The molecule has 20 heavy (non-hydrogen) atoms. The minimum absolute atomic E-state index is 0.106. The largest absolute Gasteiger partial charge is 0.367 e. The Morgan fingerprint density at radius 3 is 2.45 bits per heavy atom. The molecule has 1 aromatic rings. The second-order valence-electron chi connectivity index (χ2n) is 6.51. The zero-order valence-electron chi connectivity index (χ0n) is 13.1. The van der Waals surface area contributed by atoms with Gasteiger partial charge in [-0.2, -0.15) is 5.10 Å². The van der Waals surface area contributed by atoms with Crippen molar-refractivity contribution >= 4 is 5.78 Å². The number of hydrogen-bond acceptors (Lipinski definition) is 3. The number of aromatic nitrogens is 2. The quantitative estimate of drug-likeness (QED) is 0.775. The molecule has 0 atom stereocenters. The van der Waals surface area contributed by atoms with Crippen molar-refractivity contribution in [2.24, 2.45) is 5.41 Å². The zero-order chi connectivity index (χ0) is 14.8. The molecule has 1 heterocycles. The zero-order valence-corrected chi connectivity index (χ0v) is 13.1. The predicted molar refractivity (Wildman–Crippen MR) is 78.8 cm³/mol. The van der Waals surface area contributed by atoms with E-state index in [2.05, 4.69) is 18.9 Å². The van der Waals surface area contributed by atoms with Crippen LogP contribution in [-0.2, 0) is 11.3 Å². The van der Waals surface area contributed by atoms with Crippen molar-refractivity contribution in [2.75, 3.05) is 6.61 Å². The lowest BCUT2D eigenvalue weighted by Gasteiger charge is -2.42. The minimum Gasteiger partial charge on any atom is -0.367 e. The van der Waals surface area contributed by atoms with Crippen LogP contribution in [0, 0.1) is 5.41 Å². The predicted octanol–water partition coefficient (Wildman–Crippen LogP) is 3.46. The van der Waals surface area contributed by atoms with Gasteiger partial charge in [0, 0.05) is 19.3 Å². The number of Topliss-reactive ketones (excluding diaryl/α,β-unsaturated/α-hetero) is 1. The van der Waals surface area contributed by atoms with Crippen LogP contribution < -0.4 is 0 Å². The first kappa shape index (κ1) is 15.2. The molecular formula is C16H26N2O2. The number of ketones is 1. The summed E-state index contributed by atoms with van der Waals surface area (Å²) >= 11 is 0. The first-order valence-electron chi connectivity index (χ1n) is 7.64. The molecule has 0 radical (unpaired) electrons. The third kappa shape index (κ3) is 2.95. The van der Waals surface area contributed by atoms with E-state index in [-0.39, 0.29) is 5.78 Å². The number of aryl methyl sites for hydroxylation is 1. The summed E-state index contributed by atoms with van der Waals surface area (Å²) in [5.74, 6) is 0.106. The van der Waals surface area contributed by atoms with E-state index < -0.39 is 5.60 Å². The van der Waals surface area contributed by atoms with E-state index in [1.54, 1.807) is 10.9 Å². The van der Waals surface area contributed by atoms with Crippen LogP contribution in [0.25, 0.3) is 0 Å². The molecule has 1 fully saturated rings. The van der Waals surface area contributed by atoms with E-state index in [1.165, 1.54) is 0 Å². The molecule has 1 aromatic heterocycles. The normalized spacial score (nSPS) is 20.8. The van der Waals surface area contributed by atoms with E-state index in [0.29, 0.717) is 17.6 Å². The summed E-state index contributed by atoms with van der Waals surface area (Å²) in [6, 6.07) is 0. The van der Waals surface area contributed by atoms with Gasteiger partial charge >= 0.3 is 0 Å². The van der Waals surface area contributed by atoms with Gasteiger partial charge in [-0.05, 0) is 44.9 Å². The van der Waals surface area contributed by atoms with Crippen molar-refractivity contribution in [1.82, 2.24) is 9.78 Å². The highest BCUT2D eigenvalue weighted by molar-refractivity contribution is 6.02. The molecule has 0 aliphatic heterocycles. The first-order chi connectivity index (χ1) is 9.42. The summed E-state index contributed by atoms with van der Waals surface area (Å²) in [6.07, 6.45) is 7.18. The molecule has 0 saturated heterocycles. The Kier molecular flexibility index (Phi) is 4.33. The van der Waals surface area contributed by atoms with Crippen molar-refractivity contribution in [3.05, 3.63) is 18.0 Å². The lowest BCUT2D eigenvalue weighted by molar-refractivity contribution is -0.0580. The third-order valence-corrected chi connectivity index (χ3v) is 4.47. The first-order valence-corrected chi connectivity index (χ1v) is 7.64. The molecule has 1 aliphatic rings. The fraction of sp³-hybridized carbons (Fsp3) is 0.750. The van der Waals surface area contributed by atoms with Crippen LogP contribution in [0.3, 0.4) is 0 Å². The Morgan fingerprint density at radius 1 is 1.30 bits per heavy atom. The van der Waals surface area contributed by atoms with Crippen molar-refractivity contribution in [2.45, 2.75) is 65.5 Å². The van der Waals surface area contributed by atoms with Gasteiger partial charge in [0.25, 0.3) is 0 Å². The Morgan fingerprint density at radius 2 is 1.95 bits per heavy atom. The summed E-state index contributed by atoms with van der Waals surface area (Å²) < 4.78 is 7.73. The summed E-state index contributed by atoms with van der Waals surface area (Å²) in [5, 5.41) is 4.21. The second-order valence-corrected chi connectivity index (χ2v) is 6.51. The number of ether oxygens (including phenoxy) is 1. The van der Waals surface area contributed by atoms with Crippen LogP contribution in [0.4, 0.5) is 0 Å². The van der Waals surface area contributed by atoms with E-state index in [0.717, 1.165) is 32.2 Å². The number of rotatable bonds is 5. The topological polar surface area (TPSA) is 44.1 Å². The maximum absolute atomic E-state index is 12.9. The van der Waals surface area contributed by atoms with Crippen molar-refractivity contribution in [3.8, 4) is 0 Å². The van der Waals surface area contributed by atoms with Crippen LogP contribution in [0.15, 0.2) is 12.4 Å². The molecule has 1 saturated carbocycles. The molecule has 0 spiro atoms. The van der Waals surface area contributed by atoms with Crippen molar-refractivity contribution in [1.29, 1.82) is 0 Å². The molecule has 112 valence electrons. The Hall–Kier alpha value is -1.16. The molecule has 1 aliphatic carbocycles. The SMILES string of the molecule is CCOC1(C(=O)c2cnn(CC)c2)CCC(C)(C)CC1. The van der Waals surface area contributed by atoms with Gasteiger partial charge in [-0.25, -0.2) is 0 Å². The van der Waals surface area contributed by atoms with Crippen molar-refractivity contribution in [3.63, 3.8) is 0 Å². The van der Waals surface area contributed by atoms with Crippen LogP contribution in [0.1, 0.15) is 63.7 Å². The average molecular weight is 278 g/mol. The Bertz CT molecular complexity index is 467. The van der Waals surface area contributed by atoms with Crippen LogP contribution in [0.2, 0.25) is 0 Å². The summed E-state index contributed by atoms with van der Waals surface area (Å²) in [7, 11) is 0. The standard InChI is InChI=1S/C16H26N2O2/c1-5-18-12-13(11-17-18)14(19)16(20-6-2)9-7-15(3,4)8-10-16/h11-12H,5-10H2,1-4H3. The van der Waals surface area contributed by atoms with Gasteiger partial charge in [0.15, 0.2) is 5.78 Å². The molecule has 4 nitrogen and oxygen atoms in total. The van der Waals surface area contributed by atoms with Gasteiger partial charge < -0.3 is 4.74 Å². The van der Waals surface area contributed by atoms with Crippen LogP contribution in [0.5, 0.6) is 0 Å². The molecule has 0 bridgehead atoms. The molecule has 0 aromatic carbocycles. The number of nitrogens with zero attached hydrogens (tertiary/aromatic N) is 2. The van der Waals surface area contributed by atoms with Gasteiger partial charge in [0.05, 0.1) is 11.8 Å². The van der Waals surface area contributed by atoms with E-state index in [1.807, 2.05) is 20.0 Å². The number of carbonyl (C=O) groups is 1. The molecule has 0 amide bonds. The van der Waals surface area contributed by atoms with Crippen molar-refractivity contribution < 1.29 is 9.53 Å². The second kappa shape index (κ2) is 5.68. The van der Waals surface area contributed by atoms with Gasteiger partial charge in [-0.1, -0.05) is 13.8 Å². The molecule has 2 rings (SSSR count). The highest BCUT2D eigenvalue weighted by Crippen LogP contribution is 2.43. The molecule has 0 unspecified atom stereocenters. The van der Waals surface area contributed by atoms with Crippen LogP contribution >= 0.6 is 0 Å². The molecular weight excluding hydrogens is 252 g/mol. The monoisotopic (exact) mass is 278 g/mol. The Labute approximate surface area is 121 Å². The fourth-order valence-corrected chi connectivity index (χ4v) is 2.96. The maximum atomic E-state index is 12.9. The lowest BCUT2D eigenvalue weighted by Crippen LogP contribution is -2.46. The Balaban J connectivity index is 2.22. The highest BCUT2D eigenvalue weighted by Gasteiger charge is 2.45. The van der Waals surface area contributed by atoms with Crippen LogP contribution in [-0.4, -0.2) is 27.8 Å². The average Bonchev–Trinajstić information content (AvgIpc) is 2.90. The number of carbonyl (C=O) groups excluding carboxylic acids is 1. The smallest absolute Gasteiger partial charge is 0.197 e. The molecule has 0 N–H and O–H groups in total. The third-order valence-electron chi connectivity index (χ3n) is 4.47.